The molecule has 0 spiro atoms. The van der Waals surface area contributed by atoms with Crippen LogP contribution in [0.4, 0.5) is 0 Å². The maximum Gasteiger partial charge on any atom is 0.191 e. The van der Waals surface area contributed by atoms with E-state index < -0.39 is 0 Å². The van der Waals surface area contributed by atoms with Crippen LogP contribution in [0.5, 0.6) is 0 Å². The van der Waals surface area contributed by atoms with E-state index in [1.165, 1.54) is 45.3 Å². The van der Waals surface area contributed by atoms with Gasteiger partial charge in [-0.15, -0.1) is 0 Å². The Morgan fingerprint density at radius 1 is 1.10 bits per heavy atom. The smallest absolute Gasteiger partial charge is 0.191 e. The zero-order valence-corrected chi connectivity index (χ0v) is 14.4. The van der Waals surface area contributed by atoms with Gasteiger partial charge >= 0.3 is 0 Å². The summed E-state index contributed by atoms with van der Waals surface area (Å²) in [5, 5.41) is 6.91. The van der Waals surface area contributed by atoms with Gasteiger partial charge in [0, 0.05) is 32.7 Å². The zero-order chi connectivity index (χ0) is 15.2. The standard InChI is InChI=1S/C17H34N4/c1-13-9-14(2)12-21(11-13)8-6-5-7-19-17(18-4)20-16-10-15(16)3/h13-16H,5-12H2,1-4H3,(H2,18,19,20). The first kappa shape index (κ1) is 16.6. The van der Waals surface area contributed by atoms with Crippen molar-refractivity contribution in [3.63, 3.8) is 0 Å². The minimum absolute atomic E-state index is 0.646. The quantitative estimate of drug-likeness (QED) is 0.449. The van der Waals surface area contributed by atoms with Crippen molar-refractivity contribution >= 4 is 5.96 Å². The maximum atomic E-state index is 4.29. The molecule has 0 aromatic heterocycles. The third-order valence-electron chi connectivity index (χ3n) is 4.79. The summed E-state index contributed by atoms with van der Waals surface area (Å²) >= 11 is 0. The second-order valence-electron chi connectivity index (χ2n) is 7.38. The monoisotopic (exact) mass is 294 g/mol. The predicted molar refractivity (Wildman–Crippen MR) is 90.7 cm³/mol. The molecule has 0 bridgehead atoms. The van der Waals surface area contributed by atoms with Gasteiger partial charge in [-0.3, -0.25) is 4.99 Å². The van der Waals surface area contributed by atoms with Gasteiger partial charge in [-0.05, 0) is 50.0 Å². The van der Waals surface area contributed by atoms with E-state index in [9.17, 15) is 0 Å². The summed E-state index contributed by atoms with van der Waals surface area (Å²) < 4.78 is 0. The van der Waals surface area contributed by atoms with Crippen molar-refractivity contribution in [1.29, 1.82) is 0 Å². The lowest BCUT2D eigenvalue weighted by atomic mass is 9.92. The molecule has 2 aliphatic rings. The SMILES string of the molecule is CN=C(NCCCCN1CC(C)CC(C)C1)NC1CC1C. The summed E-state index contributed by atoms with van der Waals surface area (Å²) in [5.41, 5.74) is 0. The first-order valence-electron chi connectivity index (χ1n) is 8.78. The lowest BCUT2D eigenvalue weighted by molar-refractivity contribution is 0.139. The van der Waals surface area contributed by atoms with Gasteiger partial charge in [-0.25, -0.2) is 0 Å². The molecule has 0 radical (unpaired) electrons. The van der Waals surface area contributed by atoms with Gasteiger partial charge in [0.05, 0.1) is 0 Å². The van der Waals surface area contributed by atoms with Gasteiger partial charge in [-0.1, -0.05) is 20.8 Å². The largest absolute Gasteiger partial charge is 0.356 e. The van der Waals surface area contributed by atoms with Crippen LogP contribution in [-0.4, -0.2) is 50.1 Å². The number of nitrogens with one attached hydrogen (secondary N) is 2. The van der Waals surface area contributed by atoms with E-state index in [4.69, 9.17) is 0 Å². The number of guanidine groups is 1. The maximum absolute atomic E-state index is 4.29. The third-order valence-corrected chi connectivity index (χ3v) is 4.79. The molecule has 1 aliphatic carbocycles. The van der Waals surface area contributed by atoms with Crippen LogP contribution in [0.25, 0.3) is 0 Å². The van der Waals surface area contributed by atoms with E-state index in [0.717, 1.165) is 30.3 Å². The minimum atomic E-state index is 0.646. The topological polar surface area (TPSA) is 39.7 Å². The second-order valence-corrected chi connectivity index (χ2v) is 7.38. The molecule has 0 amide bonds. The highest BCUT2D eigenvalue weighted by atomic mass is 15.2. The fourth-order valence-corrected chi connectivity index (χ4v) is 3.54. The molecule has 1 aliphatic heterocycles. The van der Waals surface area contributed by atoms with E-state index >= 15 is 0 Å². The Balaban J connectivity index is 1.53. The molecule has 2 fully saturated rings. The van der Waals surface area contributed by atoms with Gasteiger partial charge in [0.25, 0.3) is 0 Å². The Morgan fingerprint density at radius 3 is 2.33 bits per heavy atom. The summed E-state index contributed by atoms with van der Waals surface area (Å²) in [6, 6.07) is 0.646. The van der Waals surface area contributed by atoms with Gasteiger partial charge in [0.15, 0.2) is 5.96 Å². The number of hydrogen-bond acceptors (Lipinski definition) is 2. The third kappa shape index (κ3) is 5.85. The van der Waals surface area contributed by atoms with Crippen molar-refractivity contribution in [2.75, 3.05) is 33.2 Å². The lowest BCUT2D eigenvalue weighted by Gasteiger charge is -2.34. The summed E-state index contributed by atoms with van der Waals surface area (Å²) in [6.07, 6.45) is 5.19. The van der Waals surface area contributed by atoms with Crippen LogP contribution in [-0.2, 0) is 0 Å². The van der Waals surface area contributed by atoms with Crippen molar-refractivity contribution in [3.8, 4) is 0 Å². The van der Waals surface area contributed by atoms with Crippen LogP contribution < -0.4 is 10.6 Å². The summed E-state index contributed by atoms with van der Waals surface area (Å²) in [5.74, 6) is 3.53. The summed E-state index contributed by atoms with van der Waals surface area (Å²) in [7, 11) is 1.86. The second kappa shape index (κ2) is 8.02. The first-order chi connectivity index (χ1) is 10.1. The highest BCUT2D eigenvalue weighted by Gasteiger charge is 2.33. The molecule has 0 aromatic rings. The predicted octanol–water partition coefficient (Wildman–Crippen LogP) is 2.32. The van der Waals surface area contributed by atoms with Crippen LogP contribution in [0.1, 0.15) is 46.5 Å². The van der Waals surface area contributed by atoms with Crippen LogP contribution in [0.2, 0.25) is 0 Å². The van der Waals surface area contributed by atoms with E-state index in [2.05, 4.69) is 41.3 Å². The van der Waals surface area contributed by atoms with Gasteiger partial charge in [-0.2, -0.15) is 0 Å². The average Bonchev–Trinajstić information content (AvgIpc) is 3.11. The van der Waals surface area contributed by atoms with E-state index in [0.29, 0.717) is 6.04 Å². The van der Waals surface area contributed by atoms with Crippen LogP contribution in [0.15, 0.2) is 4.99 Å². The molecule has 21 heavy (non-hydrogen) atoms. The molecule has 1 saturated carbocycles. The Bertz CT molecular complexity index is 332. The van der Waals surface area contributed by atoms with Gasteiger partial charge < -0.3 is 15.5 Å². The molecule has 1 saturated heterocycles. The Labute approximate surface area is 130 Å². The van der Waals surface area contributed by atoms with E-state index in [-0.39, 0.29) is 0 Å². The molecule has 2 rings (SSSR count). The van der Waals surface area contributed by atoms with Gasteiger partial charge in [0.1, 0.15) is 0 Å². The average molecular weight is 294 g/mol. The highest BCUT2D eigenvalue weighted by molar-refractivity contribution is 5.80. The van der Waals surface area contributed by atoms with Gasteiger partial charge in [0.2, 0.25) is 0 Å². The Kier molecular flexibility index (Phi) is 6.34. The van der Waals surface area contributed by atoms with Crippen molar-refractivity contribution in [1.82, 2.24) is 15.5 Å². The molecule has 4 atom stereocenters. The molecular weight excluding hydrogens is 260 g/mol. The first-order valence-corrected chi connectivity index (χ1v) is 8.78. The minimum Gasteiger partial charge on any atom is -0.356 e. The number of rotatable bonds is 6. The van der Waals surface area contributed by atoms with E-state index in [1.807, 2.05) is 7.05 Å². The normalized spacial score (nSPS) is 33.8. The fourth-order valence-electron chi connectivity index (χ4n) is 3.54. The molecule has 0 aromatic carbocycles. The van der Waals surface area contributed by atoms with Crippen LogP contribution in [0.3, 0.4) is 0 Å². The number of nitrogens with zero attached hydrogens (tertiary/aromatic N) is 2. The van der Waals surface area contributed by atoms with Crippen molar-refractivity contribution in [2.24, 2.45) is 22.7 Å². The summed E-state index contributed by atoms with van der Waals surface area (Å²) in [6.45, 7) is 11.9. The Hall–Kier alpha value is -0.770. The number of piperidine rings is 1. The molecule has 122 valence electrons. The molecule has 4 heteroatoms. The highest BCUT2D eigenvalue weighted by Crippen LogP contribution is 2.28. The van der Waals surface area contributed by atoms with Crippen LogP contribution >= 0.6 is 0 Å². The number of likely N-dealkylation sites (tertiary alicyclic amines) is 1. The molecular formula is C17H34N4. The zero-order valence-electron chi connectivity index (χ0n) is 14.4. The van der Waals surface area contributed by atoms with Crippen molar-refractivity contribution in [2.45, 2.75) is 52.5 Å². The summed E-state index contributed by atoms with van der Waals surface area (Å²) in [4.78, 5) is 6.94. The lowest BCUT2D eigenvalue weighted by Crippen LogP contribution is -2.40. The number of unbranched alkanes of at least 4 members (excludes halogenated alkanes) is 1. The molecule has 2 N–H and O–H groups in total. The number of aliphatic imine (C=N–C) groups is 1. The van der Waals surface area contributed by atoms with Crippen LogP contribution in [0, 0.1) is 17.8 Å². The number of hydrogen-bond donors (Lipinski definition) is 2. The fraction of sp³-hybridized carbons (Fsp3) is 0.941. The van der Waals surface area contributed by atoms with E-state index in [1.54, 1.807) is 0 Å². The molecule has 4 unspecified atom stereocenters. The molecule has 4 nitrogen and oxygen atoms in total. The van der Waals surface area contributed by atoms with Crippen molar-refractivity contribution in [3.05, 3.63) is 0 Å². The Morgan fingerprint density at radius 2 is 1.76 bits per heavy atom. The molecule has 1 heterocycles. The van der Waals surface area contributed by atoms with Crippen molar-refractivity contribution < 1.29 is 0 Å².